The lowest BCUT2D eigenvalue weighted by Crippen LogP contribution is -2.61. The maximum absolute atomic E-state index is 12.1. The highest BCUT2D eigenvalue weighted by Crippen LogP contribution is 2.15. The van der Waals surface area contributed by atoms with Crippen LogP contribution in [0.25, 0.3) is 0 Å². The maximum atomic E-state index is 12.1. The summed E-state index contributed by atoms with van der Waals surface area (Å²) in [4.78, 5) is 25.3. The van der Waals surface area contributed by atoms with Crippen LogP contribution in [-0.4, -0.2) is 43.0 Å². The first-order valence-electron chi connectivity index (χ1n) is 6.23. The van der Waals surface area contributed by atoms with Crippen molar-refractivity contribution in [2.24, 2.45) is 0 Å². The second kappa shape index (κ2) is 5.30. The van der Waals surface area contributed by atoms with Crippen molar-refractivity contribution in [3.05, 3.63) is 29.8 Å². The molecule has 5 nitrogen and oxygen atoms in total. The molecule has 0 bridgehead atoms. The van der Waals surface area contributed by atoms with Gasteiger partial charge in [-0.1, -0.05) is 12.1 Å². The first kappa shape index (κ1) is 13.4. The van der Waals surface area contributed by atoms with Gasteiger partial charge in [-0.3, -0.25) is 9.59 Å². The molecule has 1 aromatic rings. The van der Waals surface area contributed by atoms with Gasteiger partial charge in [-0.05, 0) is 24.6 Å². The zero-order valence-corrected chi connectivity index (χ0v) is 11.3. The summed E-state index contributed by atoms with van der Waals surface area (Å²) in [6.07, 6.45) is 0.492. The fourth-order valence-corrected chi connectivity index (χ4v) is 2.10. The Morgan fingerprint density at radius 3 is 2.47 bits per heavy atom. The van der Waals surface area contributed by atoms with E-state index in [0.29, 0.717) is 6.42 Å². The van der Waals surface area contributed by atoms with Crippen LogP contribution in [0, 0.1) is 0 Å². The summed E-state index contributed by atoms with van der Waals surface area (Å²) in [6, 6.07) is 6.60. The number of amides is 2. The predicted octanol–water partition coefficient (Wildman–Crippen LogP) is 0.583. The van der Waals surface area contributed by atoms with Gasteiger partial charge in [0.05, 0.1) is 7.11 Å². The molecule has 19 heavy (non-hydrogen) atoms. The molecular weight excluding hydrogens is 244 g/mol. The molecule has 1 N–H and O–H groups in total. The highest BCUT2D eigenvalue weighted by atomic mass is 16.5. The largest absolute Gasteiger partial charge is 0.497 e. The van der Waals surface area contributed by atoms with Gasteiger partial charge >= 0.3 is 0 Å². The van der Waals surface area contributed by atoms with Crippen molar-refractivity contribution >= 4 is 11.8 Å². The van der Waals surface area contributed by atoms with Crippen LogP contribution in [-0.2, 0) is 16.0 Å². The van der Waals surface area contributed by atoms with Crippen molar-refractivity contribution in [1.29, 1.82) is 0 Å². The third-order valence-corrected chi connectivity index (χ3v) is 3.52. The van der Waals surface area contributed by atoms with E-state index in [2.05, 4.69) is 5.32 Å². The molecule has 1 aromatic carbocycles. The van der Waals surface area contributed by atoms with Crippen LogP contribution in [0.5, 0.6) is 5.75 Å². The lowest BCUT2D eigenvalue weighted by molar-refractivity contribution is -0.146. The summed E-state index contributed by atoms with van der Waals surface area (Å²) in [5.41, 5.74) is 0.988. The van der Waals surface area contributed by atoms with Gasteiger partial charge in [0.1, 0.15) is 17.8 Å². The minimum absolute atomic E-state index is 0.0529. The van der Waals surface area contributed by atoms with Gasteiger partial charge < -0.3 is 15.0 Å². The number of ether oxygens (including phenoxy) is 1. The van der Waals surface area contributed by atoms with Crippen LogP contribution in [0.2, 0.25) is 0 Å². The third kappa shape index (κ3) is 2.70. The van der Waals surface area contributed by atoms with Crippen molar-refractivity contribution in [2.75, 3.05) is 14.2 Å². The summed E-state index contributed by atoms with van der Waals surface area (Å²) >= 11 is 0. The zero-order chi connectivity index (χ0) is 14.0. The molecule has 1 aliphatic heterocycles. The number of nitrogens with zero attached hydrogens (tertiary/aromatic N) is 1. The van der Waals surface area contributed by atoms with Gasteiger partial charge in [0, 0.05) is 13.5 Å². The van der Waals surface area contributed by atoms with E-state index in [1.54, 1.807) is 21.1 Å². The molecule has 2 atom stereocenters. The summed E-state index contributed by atoms with van der Waals surface area (Å²) < 4.78 is 5.08. The smallest absolute Gasteiger partial charge is 0.245 e. The first-order chi connectivity index (χ1) is 9.02. The van der Waals surface area contributed by atoms with Gasteiger partial charge in [-0.2, -0.15) is 0 Å². The van der Waals surface area contributed by atoms with Crippen LogP contribution in [0.1, 0.15) is 12.5 Å². The topological polar surface area (TPSA) is 58.6 Å². The van der Waals surface area contributed by atoms with Crippen LogP contribution in [0.15, 0.2) is 24.3 Å². The molecule has 0 aliphatic carbocycles. The second-order valence-corrected chi connectivity index (χ2v) is 4.74. The van der Waals surface area contributed by atoms with Crippen LogP contribution < -0.4 is 10.1 Å². The van der Waals surface area contributed by atoms with Crippen LogP contribution in [0.3, 0.4) is 0 Å². The highest BCUT2D eigenvalue weighted by Gasteiger charge is 2.35. The van der Waals surface area contributed by atoms with Gasteiger partial charge in [-0.25, -0.2) is 0 Å². The van der Waals surface area contributed by atoms with Gasteiger partial charge in [0.25, 0.3) is 0 Å². The Labute approximate surface area is 112 Å². The van der Waals surface area contributed by atoms with Crippen molar-refractivity contribution in [3.63, 3.8) is 0 Å². The normalized spacial score (nSPS) is 23.2. The number of benzene rings is 1. The molecule has 0 saturated carbocycles. The SMILES string of the molecule is COc1ccc(C[C@@H]2NC(=O)[C@H](C)N(C)C2=O)cc1. The monoisotopic (exact) mass is 262 g/mol. The lowest BCUT2D eigenvalue weighted by atomic mass is 10.0. The maximum Gasteiger partial charge on any atom is 0.245 e. The number of rotatable bonds is 3. The fourth-order valence-electron chi connectivity index (χ4n) is 2.10. The third-order valence-electron chi connectivity index (χ3n) is 3.52. The molecule has 5 heteroatoms. The van der Waals surface area contributed by atoms with Crippen molar-refractivity contribution in [3.8, 4) is 5.75 Å². The lowest BCUT2D eigenvalue weighted by Gasteiger charge is -2.34. The molecule has 1 saturated heterocycles. The number of carbonyl (C=O) groups excluding carboxylic acids is 2. The molecule has 0 spiro atoms. The average molecular weight is 262 g/mol. The van der Waals surface area contributed by atoms with Crippen molar-refractivity contribution in [2.45, 2.75) is 25.4 Å². The Balaban J connectivity index is 2.09. The molecule has 2 amide bonds. The minimum Gasteiger partial charge on any atom is -0.497 e. The number of piperazine rings is 1. The average Bonchev–Trinajstić information content (AvgIpc) is 2.43. The van der Waals surface area contributed by atoms with E-state index in [0.717, 1.165) is 11.3 Å². The fraction of sp³-hybridized carbons (Fsp3) is 0.429. The molecule has 102 valence electrons. The second-order valence-electron chi connectivity index (χ2n) is 4.74. The first-order valence-corrected chi connectivity index (χ1v) is 6.23. The van der Waals surface area contributed by atoms with E-state index in [9.17, 15) is 9.59 Å². The summed E-state index contributed by atoms with van der Waals surface area (Å²) in [5.74, 6) is 0.608. The predicted molar refractivity (Wildman–Crippen MR) is 70.9 cm³/mol. The van der Waals surface area contributed by atoms with Crippen LogP contribution in [0.4, 0.5) is 0 Å². The molecule has 0 unspecified atom stereocenters. The Bertz CT molecular complexity index is 484. The number of hydrogen-bond acceptors (Lipinski definition) is 3. The van der Waals surface area contributed by atoms with E-state index < -0.39 is 12.1 Å². The van der Waals surface area contributed by atoms with Gasteiger partial charge in [0.2, 0.25) is 11.8 Å². The number of hydrogen-bond donors (Lipinski definition) is 1. The van der Waals surface area contributed by atoms with E-state index in [-0.39, 0.29) is 11.8 Å². The van der Waals surface area contributed by atoms with Gasteiger partial charge in [0.15, 0.2) is 0 Å². The van der Waals surface area contributed by atoms with E-state index in [4.69, 9.17) is 4.74 Å². The Morgan fingerprint density at radius 2 is 1.89 bits per heavy atom. The number of likely N-dealkylation sites (N-methyl/N-ethyl adjacent to an activating group) is 1. The molecule has 1 aliphatic rings. The summed E-state index contributed by atoms with van der Waals surface area (Å²) in [5, 5.41) is 2.76. The van der Waals surface area contributed by atoms with E-state index >= 15 is 0 Å². The molecule has 2 rings (SSSR count). The molecule has 1 heterocycles. The molecule has 1 fully saturated rings. The number of nitrogens with one attached hydrogen (secondary N) is 1. The highest BCUT2D eigenvalue weighted by molar-refractivity contribution is 5.96. The zero-order valence-electron chi connectivity index (χ0n) is 11.3. The van der Waals surface area contributed by atoms with Crippen molar-refractivity contribution < 1.29 is 14.3 Å². The number of carbonyl (C=O) groups is 2. The Morgan fingerprint density at radius 1 is 1.26 bits per heavy atom. The van der Waals surface area contributed by atoms with Crippen molar-refractivity contribution in [1.82, 2.24) is 10.2 Å². The standard InChI is InChI=1S/C14H18N2O3/c1-9-13(17)15-12(14(18)16(9)2)8-10-4-6-11(19-3)7-5-10/h4-7,9,12H,8H2,1-3H3,(H,15,17)/t9-,12-/m0/s1. The number of methoxy groups -OCH3 is 1. The molecule has 0 radical (unpaired) electrons. The van der Waals surface area contributed by atoms with Gasteiger partial charge in [-0.15, -0.1) is 0 Å². The Hall–Kier alpha value is -2.04. The van der Waals surface area contributed by atoms with E-state index in [1.807, 2.05) is 24.3 Å². The van der Waals surface area contributed by atoms with E-state index in [1.165, 1.54) is 4.90 Å². The molecule has 0 aromatic heterocycles. The van der Waals surface area contributed by atoms with Crippen LogP contribution >= 0.6 is 0 Å². The molecular formula is C14H18N2O3. The summed E-state index contributed by atoms with van der Waals surface area (Å²) in [7, 11) is 3.27. The quantitative estimate of drug-likeness (QED) is 0.867. The summed E-state index contributed by atoms with van der Waals surface area (Å²) in [6.45, 7) is 1.72. The minimum atomic E-state index is -0.484. The Kier molecular flexibility index (Phi) is 3.74.